The van der Waals surface area contributed by atoms with Gasteiger partial charge in [0, 0.05) is 16.9 Å². The summed E-state index contributed by atoms with van der Waals surface area (Å²) in [7, 11) is 0. The van der Waals surface area contributed by atoms with Crippen molar-refractivity contribution in [1.29, 1.82) is 0 Å². The summed E-state index contributed by atoms with van der Waals surface area (Å²) in [5, 5.41) is 5.37. The number of amides is 3. The molecule has 4 aromatic rings. The first kappa shape index (κ1) is 29.1. The highest BCUT2D eigenvalue weighted by Crippen LogP contribution is 2.32. The van der Waals surface area contributed by atoms with E-state index in [1.54, 1.807) is 80.6 Å². The van der Waals surface area contributed by atoms with Crippen molar-refractivity contribution >= 4 is 52.4 Å². The Morgan fingerprint density at radius 2 is 1.42 bits per heavy atom. The van der Waals surface area contributed by atoms with E-state index in [-0.39, 0.29) is 22.4 Å². The number of rotatable bonds is 9. The number of para-hydroxylation sites is 1. The van der Waals surface area contributed by atoms with Crippen LogP contribution >= 0.6 is 11.6 Å². The Hall–Kier alpha value is -5.41. The Kier molecular flexibility index (Phi) is 8.54. The number of benzene rings is 4. The topological polar surface area (TPSA) is 114 Å². The average Bonchev–Trinajstić information content (AvgIpc) is 3.21. The Labute approximate surface area is 252 Å². The van der Waals surface area contributed by atoms with Crippen molar-refractivity contribution in [2.24, 2.45) is 0 Å². The van der Waals surface area contributed by atoms with Gasteiger partial charge in [0.1, 0.15) is 22.2 Å². The van der Waals surface area contributed by atoms with E-state index >= 15 is 0 Å². The third kappa shape index (κ3) is 6.74. The highest BCUT2D eigenvalue weighted by molar-refractivity contribution is 6.53. The van der Waals surface area contributed by atoms with Gasteiger partial charge in [-0.05, 0) is 92.7 Å². The first-order valence-corrected chi connectivity index (χ1v) is 13.7. The van der Waals surface area contributed by atoms with Crippen LogP contribution in [-0.2, 0) is 14.3 Å². The molecule has 1 heterocycles. The summed E-state index contributed by atoms with van der Waals surface area (Å²) in [5.41, 5.74) is 1.71. The van der Waals surface area contributed by atoms with E-state index in [9.17, 15) is 19.2 Å². The molecule has 0 spiro atoms. The number of esters is 1. The number of halogens is 1. The first-order valence-electron chi connectivity index (χ1n) is 13.3. The molecule has 0 radical (unpaired) electrons. The van der Waals surface area contributed by atoms with E-state index in [0.29, 0.717) is 34.1 Å². The lowest BCUT2D eigenvalue weighted by Gasteiger charge is -2.16. The fraction of sp³-hybridized carbons (Fsp3) is 0.0909. The maximum Gasteiger partial charge on any atom is 0.338 e. The second-order valence-corrected chi connectivity index (χ2v) is 10.1. The molecule has 5 rings (SSSR count). The molecule has 0 aliphatic carbocycles. The van der Waals surface area contributed by atoms with Gasteiger partial charge < -0.3 is 20.1 Å². The number of nitrogens with one attached hydrogen (secondary N) is 2. The van der Waals surface area contributed by atoms with Crippen LogP contribution in [0.15, 0.2) is 114 Å². The lowest BCUT2D eigenvalue weighted by molar-refractivity contribution is -0.120. The molecular formula is C33H26ClN3O6. The molecule has 3 amide bonds. The monoisotopic (exact) mass is 595 g/mol. The lowest BCUT2D eigenvalue weighted by atomic mass is 10.1. The van der Waals surface area contributed by atoms with Gasteiger partial charge in [0.15, 0.2) is 0 Å². The van der Waals surface area contributed by atoms with E-state index in [0.717, 1.165) is 4.90 Å². The molecule has 0 saturated heterocycles. The minimum absolute atomic E-state index is 0.113. The predicted molar refractivity (Wildman–Crippen MR) is 163 cm³/mol. The van der Waals surface area contributed by atoms with Crippen molar-refractivity contribution in [3.05, 3.63) is 125 Å². The van der Waals surface area contributed by atoms with Crippen LogP contribution in [-0.4, -0.2) is 29.8 Å². The quantitative estimate of drug-likeness (QED) is 0.163. The molecule has 1 aliphatic heterocycles. The molecular weight excluding hydrogens is 570 g/mol. The molecule has 4 aromatic carbocycles. The van der Waals surface area contributed by atoms with Crippen LogP contribution < -0.4 is 20.3 Å². The maximum absolute atomic E-state index is 13.3. The van der Waals surface area contributed by atoms with Gasteiger partial charge in [-0.1, -0.05) is 35.9 Å². The fourth-order valence-corrected chi connectivity index (χ4v) is 4.40. The van der Waals surface area contributed by atoms with Crippen LogP contribution in [0.5, 0.6) is 11.5 Å². The van der Waals surface area contributed by atoms with Gasteiger partial charge >= 0.3 is 5.97 Å². The van der Waals surface area contributed by atoms with Crippen molar-refractivity contribution < 1.29 is 28.7 Å². The summed E-state index contributed by atoms with van der Waals surface area (Å²) in [6.07, 6.45) is -0.244. The molecule has 0 fully saturated rings. The van der Waals surface area contributed by atoms with Crippen LogP contribution in [0.2, 0.25) is 0 Å². The zero-order valence-corrected chi connectivity index (χ0v) is 23.9. The summed E-state index contributed by atoms with van der Waals surface area (Å²) in [5.74, 6) is -1.01. The molecule has 0 aromatic heterocycles. The summed E-state index contributed by atoms with van der Waals surface area (Å²) < 4.78 is 11.0. The molecule has 43 heavy (non-hydrogen) atoms. The second kappa shape index (κ2) is 12.6. The zero-order valence-electron chi connectivity index (χ0n) is 23.2. The zero-order chi connectivity index (χ0) is 30.5. The van der Waals surface area contributed by atoms with Crippen molar-refractivity contribution in [2.75, 3.05) is 15.5 Å². The molecule has 216 valence electrons. The molecule has 0 saturated carbocycles. The van der Waals surface area contributed by atoms with Crippen LogP contribution in [0.4, 0.5) is 17.1 Å². The third-order valence-corrected chi connectivity index (χ3v) is 6.57. The Balaban J connectivity index is 1.25. The number of hydrogen-bond donors (Lipinski definition) is 2. The Morgan fingerprint density at radius 3 is 2.09 bits per heavy atom. The van der Waals surface area contributed by atoms with Gasteiger partial charge in [-0.3, -0.25) is 14.4 Å². The second-order valence-electron chi connectivity index (χ2n) is 9.74. The van der Waals surface area contributed by atoms with Gasteiger partial charge in [0.2, 0.25) is 0 Å². The number of hydrogen-bond acceptors (Lipinski definition) is 7. The van der Waals surface area contributed by atoms with E-state index in [1.165, 1.54) is 6.07 Å². The minimum Gasteiger partial charge on any atom is -0.459 e. The molecule has 1 aliphatic rings. The Bertz CT molecular complexity index is 1720. The third-order valence-electron chi connectivity index (χ3n) is 6.22. The van der Waals surface area contributed by atoms with Crippen LogP contribution in [0, 0.1) is 0 Å². The number of imide groups is 1. The van der Waals surface area contributed by atoms with Gasteiger partial charge in [-0.2, -0.15) is 0 Å². The number of carbonyl (C=O) groups is 4. The van der Waals surface area contributed by atoms with Gasteiger partial charge in [-0.15, -0.1) is 0 Å². The maximum atomic E-state index is 13.3. The molecule has 10 heteroatoms. The highest BCUT2D eigenvalue weighted by atomic mass is 35.5. The van der Waals surface area contributed by atoms with Crippen molar-refractivity contribution in [1.82, 2.24) is 0 Å². The van der Waals surface area contributed by atoms with E-state index in [4.69, 9.17) is 21.1 Å². The number of ether oxygens (including phenoxy) is 2. The standard InChI is InChI=1S/C33H26ClN3O6/c1-20(2)42-33(41)21-11-13-23(14-12-21)36-30(38)22-7-6-8-24(19-22)35-29-28(34)31(39)37(32(29)40)25-15-17-27(18-16-25)43-26-9-4-3-5-10-26/h3-20,35H,1-2H3,(H,36,38). The average molecular weight is 596 g/mol. The van der Waals surface area contributed by atoms with Crippen LogP contribution in [0.3, 0.4) is 0 Å². The number of carbonyl (C=O) groups excluding carboxylic acids is 4. The summed E-state index contributed by atoms with van der Waals surface area (Å²) in [4.78, 5) is 52.1. The SMILES string of the molecule is CC(C)OC(=O)c1ccc(NC(=O)c2cccc(NC3=C(Cl)C(=O)N(c4ccc(Oc5ccccc5)cc4)C3=O)c2)cc1. The largest absolute Gasteiger partial charge is 0.459 e. The van der Waals surface area contributed by atoms with Gasteiger partial charge in [0.05, 0.1) is 17.4 Å². The fourth-order valence-electron chi connectivity index (χ4n) is 4.19. The van der Waals surface area contributed by atoms with Crippen molar-refractivity contribution in [2.45, 2.75) is 20.0 Å². The number of nitrogens with zero attached hydrogens (tertiary/aromatic N) is 1. The Morgan fingerprint density at radius 1 is 0.744 bits per heavy atom. The van der Waals surface area contributed by atoms with E-state index in [1.807, 2.05) is 30.3 Å². The normalized spacial score (nSPS) is 12.9. The summed E-state index contributed by atoms with van der Waals surface area (Å²) in [6.45, 7) is 3.52. The van der Waals surface area contributed by atoms with E-state index < -0.39 is 23.7 Å². The van der Waals surface area contributed by atoms with Crippen molar-refractivity contribution in [3.63, 3.8) is 0 Å². The number of anilines is 3. The molecule has 9 nitrogen and oxygen atoms in total. The van der Waals surface area contributed by atoms with Crippen molar-refractivity contribution in [3.8, 4) is 11.5 Å². The van der Waals surface area contributed by atoms with Gasteiger partial charge in [0.25, 0.3) is 17.7 Å². The van der Waals surface area contributed by atoms with Crippen LogP contribution in [0.25, 0.3) is 0 Å². The van der Waals surface area contributed by atoms with Crippen LogP contribution in [0.1, 0.15) is 34.6 Å². The molecule has 0 bridgehead atoms. The molecule has 0 unspecified atom stereocenters. The summed E-state index contributed by atoms with van der Waals surface area (Å²) >= 11 is 6.30. The molecule has 2 N–H and O–H groups in total. The first-order chi connectivity index (χ1) is 20.7. The predicted octanol–water partition coefficient (Wildman–Crippen LogP) is 6.73. The van der Waals surface area contributed by atoms with Gasteiger partial charge in [-0.25, -0.2) is 9.69 Å². The molecule has 0 atom stereocenters. The minimum atomic E-state index is -0.680. The summed E-state index contributed by atoms with van der Waals surface area (Å²) in [6, 6.07) is 28.4. The highest BCUT2D eigenvalue weighted by Gasteiger charge is 2.39. The lowest BCUT2D eigenvalue weighted by Crippen LogP contribution is -2.32. The van der Waals surface area contributed by atoms with E-state index in [2.05, 4.69) is 10.6 Å². The smallest absolute Gasteiger partial charge is 0.338 e.